The van der Waals surface area contributed by atoms with Crippen molar-refractivity contribution in [2.75, 3.05) is 27.7 Å². The number of ether oxygens (including phenoxy) is 1. The van der Waals surface area contributed by atoms with Gasteiger partial charge in [-0.2, -0.15) is 0 Å². The van der Waals surface area contributed by atoms with Crippen LogP contribution in [0.25, 0.3) is 0 Å². The Kier molecular flexibility index (Phi) is 12.6. The summed E-state index contributed by atoms with van der Waals surface area (Å²) in [5.74, 6) is -1.47. The first-order valence-electron chi connectivity index (χ1n) is 9.44. The Labute approximate surface area is 148 Å². The van der Waals surface area contributed by atoms with Gasteiger partial charge in [0.05, 0.1) is 21.1 Å². The van der Waals surface area contributed by atoms with Crippen molar-refractivity contribution in [3.8, 4) is 0 Å². The molecule has 0 bridgehead atoms. The van der Waals surface area contributed by atoms with Gasteiger partial charge in [-0.3, -0.25) is 4.79 Å². The van der Waals surface area contributed by atoms with E-state index in [9.17, 15) is 14.7 Å². The molecule has 1 atom stereocenters. The topological polar surface area (TPSA) is 66.4 Å². The number of hydrogen-bond donors (Lipinski definition) is 0. The third kappa shape index (κ3) is 15.8. The van der Waals surface area contributed by atoms with E-state index in [-0.39, 0.29) is 12.4 Å². The van der Waals surface area contributed by atoms with Crippen LogP contribution in [0.2, 0.25) is 0 Å². The molecule has 0 saturated carbocycles. The molecule has 0 heterocycles. The minimum Gasteiger partial charge on any atom is -0.550 e. The van der Waals surface area contributed by atoms with Gasteiger partial charge in [0.1, 0.15) is 6.54 Å². The summed E-state index contributed by atoms with van der Waals surface area (Å²) < 4.78 is 5.88. The normalized spacial score (nSPS) is 12.8. The molecule has 142 valence electrons. The Morgan fingerprint density at radius 1 is 0.917 bits per heavy atom. The minimum absolute atomic E-state index is 0.237. The van der Waals surface area contributed by atoms with Gasteiger partial charge in [0.25, 0.3) is 0 Å². The minimum atomic E-state index is -1.18. The van der Waals surface area contributed by atoms with Crippen molar-refractivity contribution in [2.24, 2.45) is 0 Å². The van der Waals surface area contributed by atoms with Crippen LogP contribution in [0.5, 0.6) is 0 Å². The molecule has 0 amide bonds. The number of unbranched alkanes of at least 4 members (excludes halogenated alkanes) is 8. The van der Waals surface area contributed by atoms with Gasteiger partial charge in [-0.25, -0.2) is 0 Å². The first-order valence-corrected chi connectivity index (χ1v) is 9.44. The third-order valence-electron chi connectivity index (χ3n) is 3.93. The number of carboxylic acid groups (broad SMARTS) is 1. The van der Waals surface area contributed by atoms with Gasteiger partial charge >= 0.3 is 5.97 Å². The molecule has 0 aromatic carbocycles. The van der Waals surface area contributed by atoms with E-state index >= 15 is 0 Å². The van der Waals surface area contributed by atoms with Crippen molar-refractivity contribution >= 4 is 11.9 Å². The van der Waals surface area contributed by atoms with Crippen LogP contribution in [-0.4, -0.2) is 50.2 Å². The summed E-state index contributed by atoms with van der Waals surface area (Å²) in [7, 11) is 5.82. The van der Waals surface area contributed by atoms with Crippen molar-refractivity contribution in [1.29, 1.82) is 0 Å². The number of carbonyl (C=O) groups excluding carboxylic acids is 2. The van der Waals surface area contributed by atoms with Crippen LogP contribution in [-0.2, 0) is 14.3 Å². The number of hydrogen-bond acceptors (Lipinski definition) is 4. The maximum absolute atomic E-state index is 11.9. The number of carbonyl (C=O) groups is 2. The number of nitrogens with zero attached hydrogens (tertiary/aromatic N) is 1. The van der Waals surface area contributed by atoms with Crippen LogP contribution in [0.3, 0.4) is 0 Å². The van der Waals surface area contributed by atoms with Gasteiger partial charge in [0, 0.05) is 18.8 Å². The van der Waals surface area contributed by atoms with Crippen molar-refractivity contribution in [3.63, 3.8) is 0 Å². The number of aliphatic carboxylic acids is 1. The Morgan fingerprint density at radius 3 is 1.88 bits per heavy atom. The summed E-state index contributed by atoms with van der Waals surface area (Å²) in [5, 5.41) is 10.8. The van der Waals surface area contributed by atoms with Crippen LogP contribution in [0.1, 0.15) is 77.6 Å². The van der Waals surface area contributed by atoms with Crippen molar-refractivity contribution < 1.29 is 23.9 Å². The van der Waals surface area contributed by atoms with E-state index in [4.69, 9.17) is 4.74 Å². The van der Waals surface area contributed by atoms with Crippen molar-refractivity contribution in [2.45, 2.75) is 83.7 Å². The van der Waals surface area contributed by atoms with Crippen LogP contribution < -0.4 is 5.11 Å². The SMILES string of the molecule is CCCCCCCCCCCC(=O)O[C@H](CC(=O)[O-])C[N+](C)(C)C. The highest BCUT2D eigenvalue weighted by atomic mass is 16.5. The Morgan fingerprint density at radius 2 is 1.42 bits per heavy atom. The predicted octanol–water partition coefficient (Wildman–Crippen LogP) is 2.67. The number of rotatable bonds is 15. The van der Waals surface area contributed by atoms with Gasteiger partial charge in [-0.1, -0.05) is 58.3 Å². The predicted molar refractivity (Wildman–Crippen MR) is 94.2 cm³/mol. The lowest BCUT2D eigenvalue weighted by atomic mass is 10.1. The zero-order chi connectivity index (χ0) is 18.4. The second kappa shape index (κ2) is 13.2. The Bertz CT molecular complexity index is 350. The molecule has 24 heavy (non-hydrogen) atoms. The van der Waals surface area contributed by atoms with E-state index in [1.807, 2.05) is 21.1 Å². The molecule has 0 radical (unpaired) electrons. The number of esters is 1. The van der Waals surface area contributed by atoms with Crippen LogP contribution in [0.15, 0.2) is 0 Å². The first kappa shape index (κ1) is 22.9. The lowest BCUT2D eigenvalue weighted by molar-refractivity contribution is -0.873. The molecule has 0 unspecified atom stereocenters. The average Bonchev–Trinajstić information content (AvgIpc) is 2.42. The maximum Gasteiger partial charge on any atom is 0.306 e. The van der Waals surface area contributed by atoms with Gasteiger partial charge in [0.2, 0.25) is 0 Å². The molecular weight excluding hydrogens is 306 g/mol. The molecule has 0 aliphatic carbocycles. The van der Waals surface area contributed by atoms with Crippen LogP contribution in [0.4, 0.5) is 0 Å². The Hall–Kier alpha value is -1.10. The molecule has 5 nitrogen and oxygen atoms in total. The summed E-state index contributed by atoms with van der Waals surface area (Å²) in [4.78, 5) is 22.7. The molecule has 0 aliphatic rings. The van der Waals surface area contributed by atoms with E-state index in [1.54, 1.807) is 0 Å². The number of likely N-dealkylation sites (N-methyl/N-ethyl adjacent to an activating group) is 1. The Balaban J connectivity index is 3.82. The molecule has 0 saturated heterocycles. The number of carboxylic acids is 1. The van der Waals surface area contributed by atoms with E-state index in [1.165, 1.54) is 38.5 Å². The quantitative estimate of drug-likeness (QED) is 0.260. The monoisotopic (exact) mass is 343 g/mol. The second-order valence-corrected chi connectivity index (χ2v) is 7.74. The van der Waals surface area contributed by atoms with Gasteiger partial charge in [-0.15, -0.1) is 0 Å². The molecule has 0 spiro atoms. The molecular formula is C19H37NO4. The van der Waals surface area contributed by atoms with E-state index in [0.717, 1.165) is 19.3 Å². The zero-order valence-electron chi connectivity index (χ0n) is 16.1. The van der Waals surface area contributed by atoms with E-state index in [0.29, 0.717) is 17.4 Å². The molecule has 0 aromatic rings. The second-order valence-electron chi connectivity index (χ2n) is 7.74. The lowest BCUT2D eigenvalue weighted by Gasteiger charge is -2.29. The van der Waals surface area contributed by atoms with Gasteiger partial charge in [0.15, 0.2) is 6.10 Å². The van der Waals surface area contributed by atoms with Crippen LogP contribution in [0, 0.1) is 0 Å². The summed E-state index contributed by atoms with van der Waals surface area (Å²) in [6.45, 7) is 2.69. The van der Waals surface area contributed by atoms with Crippen molar-refractivity contribution in [3.05, 3.63) is 0 Å². The molecule has 5 heteroatoms. The van der Waals surface area contributed by atoms with Gasteiger partial charge in [-0.05, 0) is 6.42 Å². The van der Waals surface area contributed by atoms with Crippen LogP contribution >= 0.6 is 0 Å². The largest absolute Gasteiger partial charge is 0.550 e. The average molecular weight is 344 g/mol. The summed E-state index contributed by atoms with van der Waals surface area (Å²) in [6, 6.07) is 0. The summed E-state index contributed by atoms with van der Waals surface area (Å²) in [6.07, 6.45) is 10.3. The van der Waals surface area contributed by atoms with E-state index < -0.39 is 12.1 Å². The van der Waals surface area contributed by atoms with Crippen molar-refractivity contribution in [1.82, 2.24) is 0 Å². The maximum atomic E-state index is 11.9. The molecule has 0 N–H and O–H groups in total. The molecule has 0 aliphatic heterocycles. The summed E-state index contributed by atoms with van der Waals surface area (Å²) >= 11 is 0. The molecule has 0 fully saturated rings. The fourth-order valence-corrected chi connectivity index (χ4v) is 2.77. The standard InChI is InChI=1S/C19H37NO4/c1-5-6-7-8-9-10-11-12-13-14-19(23)24-17(15-18(21)22)16-20(2,3)4/h17H,5-16H2,1-4H3/t17-/m1/s1. The highest BCUT2D eigenvalue weighted by Gasteiger charge is 2.22. The van der Waals surface area contributed by atoms with E-state index in [2.05, 4.69) is 6.92 Å². The first-order chi connectivity index (χ1) is 11.2. The highest BCUT2D eigenvalue weighted by Crippen LogP contribution is 2.12. The smallest absolute Gasteiger partial charge is 0.306 e. The number of quaternary nitrogens is 1. The molecule has 0 aromatic heterocycles. The summed E-state index contributed by atoms with van der Waals surface area (Å²) in [5.41, 5.74) is 0. The fraction of sp³-hybridized carbons (Fsp3) is 0.895. The van der Waals surface area contributed by atoms with Gasteiger partial charge < -0.3 is 19.1 Å². The fourth-order valence-electron chi connectivity index (χ4n) is 2.77. The molecule has 0 rings (SSSR count). The highest BCUT2D eigenvalue weighted by molar-refractivity contribution is 5.70. The third-order valence-corrected chi connectivity index (χ3v) is 3.93. The lowest BCUT2D eigenvalue weighted by Crippen LogP contribution is -2.45. The zero-order valence-corrected chi connectivity index (χ0v) is 16.1.